The summed E-state index contributed by atoms with van der Waals surface area (Å²) in [5.41, 5.74) is 0.0655. The van der Waals surface area contributed by atoms with Crippen LogP contribution in [0.15, 0.2) is 12.1 Å². The first-order valence-corrected chi connectivity index (χ1v) is 6.60. The van der Waals surface area contributed by atoms with Gasteiger partial charge in [-0.05, 0) is 25.0 Å². The molecule has 5 nitrogen and oxygen atoms in total. The second-order valence-corrected chi connectivity index (χ2v) is 5.18. The summed E-state index contributed by atoms with van der Waals surface area (Å²) in [4.78, 5) is 24.3. The minimum atomic E-state index is -1.06. The fraction of sp³-hybridized carbons (Fsp3) is 0.333. The lowest BCUT2D eigenvalue weighted by Gasteiger charge is -2.22. The lowest BCUT2D eigenvalue weighted by atomic mass is 10.2. The van der Waals surface area contributed by atoms with E-state index in [4.69, 9.17) is 28.3 Å². The van der Waals surface area contributed by atoms with Gasteiger partial charge in [-0.15, -0.1) is 0 Å². The van der Waals surface area contributed by atoms with Gasteiger partial charge in [0.05, 0.1) is 15.7 Å². The molecule has 20 heavy (non-hydrogen) atoms. The fourth-order valence-corrected chi connectivity index (χ4v) is 2.66. The molecular weight excluding hydrogens is 310 g/mol. The number of nitrogens with one attached hydrogen (secondary N) is 1. The number of carboxylic acids is 1. The molecule has 1 unspecified atom stereocenters. The minimum absolute atomic E-state index is 0.0468. The summed E-state index contributed by atoms with van der Waals surface area (Å²) in [6, 6.07) is 0.543. The quantitative estimate of drug-likeness (QED) is 0.879. The van der Waals surface area contributed by atoms with Crippen LogP contribution in [0.2, 0.25) is 10.0 Å². The number of carbonyl (C=O) groups excluding carboxylic acids is 1. The van der Waals surface area contributed by atoms with E-state index in [0.717, 1.165) is 12.1 Å². The Hall–Kier alpha value is -1.53. The van der Waals surface area contributed by atoms with Crippen molar-refractivity contribution in [3.63, 3.8) is 0 Å². The maximum absolute atomic E-state index is 13.0. The number of halogens is 3. The smallest absolute Gasteiger partial charge is 0.326 e. The van der Waals surface area contributed by atoms with Crippen LogP contribution >= 0.6 is 23.2 Å². The number of carboxylic acid groups (broad SMARTS) is 1. The van der Waals surface area contributed by atoms with Crippen molar-refractivity contribution in [2.75, 3.05) is 11.9 Å². The van der Waals surface area contributed by atoms with Crippen molar-refractivity contribution in [3.8, 4) is 0 Å². The van der Waals surface area contributed by atoms with Gasteiger partial charge in [0.25, 0.3) is 0 Å². The molecule has 0 bridgehead atoms. The molecule has 1 saturated heterocycles. The van der Waals surface area contributed by atoms with Gasteiger partial charge in [0, 0.05) is 6.54 Å². The Morgan fingerprint density at radius 3 is 2.50 bits per heavy atom. The van der Waals surface area contributed by atoms with Gasteiger partial charge in [0.1, 0.15) is 11.9 Å². The van der Waals surface area contributed by atoms with Crippen LogP contribution in [0.4, 0.5) is 14.9 Å². The predicted octanol–water partition coefficient (Wildman–Crippen LogP) is 3.21. The number of urea groups is 1. The van der Waals surface area contributed by atoms with Crippen LogP contribution in [0.5, 0.6) is 0 Å². The summed E-state index contributed by atoms with van der Waals surface area (Å²) < 4.78 is 13.0. The Kier molecular flexibility index (Phi) is 4.35. The van der Waals surface area contributed by atoms with Gasteiger partial charge in [0.15, 0.2) is 0 Å². The van der Waals surface area contributed by atoms with E-state index in [1.54, 1.807) is 0 Å². The molecule has 108 valence electrons. The monoisotopic (exact) mass is 320 g/mol. The Labute approximate surface area is 124 Å². The second-order valence-electron chi connectivity index (χ2n) is 4.36. The summed E-state index contributed by atoms with van der Waals surface area (Å²) in [6.45, 7) is 0.333. The first-order chi connectivity index (χ1) is 9.40. The fourth-order valence-electron chi connectivity index (χ4n) is 2.11. The Bertz CT molecular complexity index is 545. The molecule has 0 aliphatic carbocycles. The molecule has 2 amide bonds. The molecule has 1 aromatic rings. The molecule has 1 heterocycles. The Balaban J connectivity index is 2.18. The van der Waals surface area contributed by atoms with E-state index in [0.29, 0.717) is 19.4 Å². The molecule has 1 aliphatic rings. The summed E-state index contributed by atoms with van der Waals surface area (Å²) in [7, 11) is 0. The van der Waals surface area contributed by atoms with Crippen LogP contribution in [-0.4, -0.2) is 34.6 Å². The zero-order valence-electron chi connectivity index (χ0n) is 10.2. The van der Waals surface area contributed by atoms with E-state index in [1.807, 2.05) is 0 Å². The normalized spacial score (nSPS) is 18.1. The molecule has 0 spiro atoms. The largest absolute Gasteiger partial charge is 0.480 e. The SMILES string of the molecule is O=C(O)C1CCCN1C(=O)Nc1c(Cl)cc(F)cc1Cl. The summed E-state index contributed by atoms with van der Waals surface area (Å²) in [5.74, 6) is -1.68. The number of carbonyl (C=O) groups is 2. The van der Waals surface area contributed by atoms with E-state index in [1.165, 1.54) is 4.90 Å². The molecule has 1 atom stereocenters. The number of rotatable bonds is 2. The maximum atomic E-state index is 13.0. The summed E-state index contributed by atoms with van der Waals surface area (Å²) >= 11 is 11.6. The number of hydrogen-bond donors (Lipinski definition) is 2. The van der Waals surface area contributed by atoms with Gasteiger partial charge in [0.2, 0.25) is 0 Å². The number of hydrogen-bond acceptors (Lipinski definition) is 2. The molecule has 0 aromatic heterocycles. The maximum Gasteiger partial charge on any atom is 0.326 e. The standard InChI is InChI=1S/C12H11Cl2FN2O3/c13-7-4-6(15)5-8(14)10(7)16-12(20)17-3-1-2-9(17)11(18)19/h4-5,9H,1-3H2,(H,16,20)(H,18,19). The topological polar surface area (TPSA) is 69.6 Å². The second kappa shape index (κ2) is 5.85. The van der Waals surface area contributed by atoms with Crippen LogP contribution in [0.1, 0.15) is 12.8 Å². The molecule has 8 heteroatoms. The van der Waals surface area contributed by atoms with Crippen molar-refractivity contribution in [2.24, 2.45) is 0 Å². The van der Waals surface area contributed by atoms with Crippen molar-refractivity contribution < 1.29 is 19.1 Å². The van der Waals surface area contributed by atoms with E-state index in [-0.39, 0.29) is 15.7 Å². The molecule has 1 aliphatic heterocycles. The first-order valence-electron chi connectivity index (χ1n) is 5.85. The third-order valence-electron chi connectivity index (χ3n) is 3.04. The average Bonchev–Trinajstić information content (AvgIpc) is 2.82. The Morgan fingerprint density at radius 1 is 1.35 bits per heavy atom. The van der Waals surface area contributed by atoms with Crippen LogP contribution < -0.4 is 5.32 Å². The first kappa shape index (κ1) is 14.9. The molecular formula is C12H11Cl2FN2O3. The van der Waals surface area contributed by atoms with E-state index < -0.39 is 23.9 Å². The highest BCUT2D eigenvalue weighted by Gasteiger charge is 2.34. The van der Waals surface area contributed by atoms with Crippen molar-refractivity contribution >= 4 is 40.9 Å². The van der Waals surface area contributed by atoms with E-state index >= 15 is 0 Å². The van der Waals surface area contributed by atoms with Crippen LogP contribution in [0, 0.1) is 5.82 Å². The van der Waals surface area contributed by atoms with Gasteiger partial charge in [-0.25, -0.2) is 14.0 Å². The van der Waals surface area contributed by atoms with Crippen LogP contribution in [0.25, 0.3) is 0 Å². The van der Waals surface area contributed by atoms with Crippen molar-refractivity contribution in [1.29, 1.82) is 0 Å². The van der Waals surface area contributed by atoms with E-state index in [2.05, 4.69) is 5.32 Å². The van der Waals surface area contributed by atoms with Crippen molar-refractivity contribution in [1.82, 2.24) is 4.90 Å². The highest BCUT2D eigenvalue weighted by atomic mass is 35.5. The van der Waals surface area contributed by atoms with Gasteiger partial charge < -0.3 is 15.3 Å². The van der Waals surface area contributed by atoms with Gasteiger partial charge in [-0.3, -0.25) is 0 Å². The molecule has 2 N–H and O–H groups in total. The third kappa shape index (κ3) is 2.96. The number of likely N-dealkylation sites (tertiary alicyclic amines) is 1. The van der Waals surface area contributed by atoms with E-state index in [9.17, 15) is 14.0 Å². The molecule has 0 saturated carbocycles. The molecule has 2 rings (SSSR count). The summed E-state index contributed by atoms with van der Waals surface area (Å²) in [5, 5.41) is 11.4. The zero-order chi connectivity index (χ0) is 14.9. The van der Waals surface area contributed by atoms with Gasteiger partial charge >= 0.3 is 12.0 Å². The highest BCUT2D eigenvalue weighted by molar-refractivity contribution is 6.39. The minimum Gasteiger partial charge on any atom is -0.480 e. The molecule has 1 aromatic carbocycles. The lowest BCUT2D eigenvalue weighted by molar-refractivity contribution is -0.141. The lowest BCUT2D eigenvalue weighted by Crippen LogP contribution is -2.42. The number of benzene rings is 1. The third-order valence-corrected chi connectivity index (χ3v) is 3.63. The number of amides is 2. The van der Waals surface area contributed by atoms with Crippen molar-refractivity contribution in [3.05, 3.63) is 28.0 Å². The van der Waals surface area contributed by atoms with Gasteiger partial charge in [-0.1, -0.05) is 23.2 Å². The average molecular weight is 321 g/mol. The highest BCUT2D eigenvalue weighted by Crippen LogP contribution is 2.32. The predicted molar refractivity (Wildman–Crippen MR) is 72.8 cm³/mol. The molecule has 1 fully saturated rings. The van der Waals surface area contributed by atoms with Crippen molar-refractivity contribution in [2.45, 2.75) is 18.9 Å². The number of aliphatic carboxylic acids is 1. The number of nitrogens with zero attached hydrogens (tertiary/aromatic N) is 1. The number of anilines is 1. The van der Waals surface area contributed by atoms with Crippen LogP contribution in [-0.2, 0) is 4.79 Å². The van der Waals surface area contributed by atoms with Crippen LogP contribution in [0.3, 0.4) is 0 Å². The summed E-state index contributed by atoms with van der Waals surface area (Å²) in [6.07, 6.45) is 1.00. The Morgan fingerprint density at radius 2 is 1.95 bits per heavy atom. The van der Waals surface area contributed by atoms with Gasteiger partial charge in [-0.2, -0.15) is 0 Å². The zero-order valence-corrected chi connectivity index (χ0v) is 11.7. The molecule has 0 radical (unpaired) electrons.